The maximum absolute atomic E-state index is 9.70. The lowest BCUT2D eigenvalue weighted by Crippen LogP contribution is -2.08. The van der Waals surface area contributed by atoms with Gasteiger partial charge in [-0.25, -0.2) is 0 Å². The normalized spacial score (nSPS) is 10.3. The summed E-state index contributed by atoms with van der Waals surface area (Å²) in [7, 11) is 3.88. The summed E-state index contributed by atoms with van der Waals surface area (Å²) in [6.07, 6.45) is 0. The fraction of sp³-hybridized carbons (Fsp3) is 0.231. The monoisotopic (exact) mass is 279 g/mol. The summed E-state index contributed by atoms with van der Waals surface area (Å²) in [4.78, 5) is 1.96. The first-order valence-electron chi connectivity index (χ1n) is 5.65. The molecule has 0 saturated heterocycles. The van der Waals surface area contributed by atoms with E-state index in [0.717, 1.165) is 11.3 Å². The van der Waals surface area contributed by atoms with Crippen LogP contribution in [0, 0.1) is 6.92 Å². The Morgan fingerprint density at radius 3 is 2.58 bits per heavy atom. The predicted octanol–water partition coefficient (Wildman–Crippen LogP) is 3.00. The molecule has 0 spiro atoms. The Morgan fingerprint density at radius 1 is 1.21 bits per heavy atom. The second kappa shape index (κ2) is 5.32. The molecule has 1 N–H and O–H groups in total. The highest BCUT2D eigenvalue weighted by Gasteiger charge is 2.10. The number of halogens is 1. The van der Waals surface area contributed by atoms with Crippen LogP contribution >= 0.6 is 11.6 Å². The van der Waals surface area contributed by atoms with Gasteiger partial charge in [0.1, 0.15) is 5.75 Å². The van der Waals surface area contributed by atoms with Crippen LogP contribution in [0.3, 0.4) is 0 Å². The largest absolute Gasteiger partial charge is 0.503 e. The lowest BCUT2D eigenvalue weighted by atomic mass is 10.2. The molecule has 0 fully saturated rings. The topological polar surface area (TPSA) is 58.5 Å². The van der Waals surface area contributed by atoms with E-state index in [1.165, 1.54) is 6.07 Å². The van der Waals surface area contributed by atoms with Gasteiger partial charge in [-0.05, 0) is 18.6 Å². The molecule has 5 nitrogen and oxygen atoms in total. The van der Waals surface area contributed by atoms with Crippen molar-refractivity contribution in [2.75, 3.05) is 19.0 Å². The average molecular weight is 280 g/mol. The van der Waals surface area contributed by atoms with Gasteiger partial charge in [-0.3, -0.25) is 0 Å². The van der Waals surface area contributed by atoms with E-state index in [0.29, 0.717) is 5.75 Å². The number of rotatable bonds is 3. The van der Waals surface area contributed by atoms with Crippen molar-refractivity contribution in [3.05, 3.63) is 35.0 Å². The van der Waals surface area contributed by atoms with Crippen molar-refractivity contribution in [2.45, 2.75) is 6.92 Å². The molecular formula is C13H14ClN3O2. The third-order valence-electron chi connectivity index (χ3n) is 2.61. The maximum Gasteiger partial charge on any atom is 0.281 e. The molecule has 19 heavy (non-hydrogen) atoms. The summed E-state index contributed by atoms with van der Waals surface area (Å²) in [5.74, 6) is 0.496. The predicted molar refractivity (Wildman–Crippen MR) is 74.3 cm³/mol. The lowest BCUT2D eigenvalue weighted by Gasteiger charge is -2.15. The van der Waals surface area contributed by atoms with Gasteiger partial charge < -0.3 is 14.7 Å². The zero-order valence-electron chi connectivity index (χ0n) is 10.9. The molecule has 2 rings (SSSR count). The Morgan fingerprint density at radius 2 is 1.95 bits per heavy atom. The van der Waals surface area contributed by atoms with Crippen LogP contribution in [0.25, 0.3) is 0 Å². The Bertz CT molecular complexity index is 602. The molecule has 2 aromatic rings. The summed E-state index contributed by atoms with van der Waals surface area (Å²) in [5, 5.41) is 17.2. The van der Waals surface area contributed by atoms with Gasteiger partial charge in [0.2, 0.25) is 0 Å². The second-order valence-electron chi connectivity index (χ2n) is 4.30. The molecule has 0 aliphatic carbocycles. The van der Waals surface area contributed by atoms with Gasteiger partial charge in [0.15, 0.2) is 10.9 Å². The minimum atomic E-state index is -0.144. The molecule has 1 aromatic heterocycles. The number of hydrogen-bond acceptors (Lipinski definition) is 5. The maximum atomic E-state index is 9.70. The molecule has 0 saturated carbocycles. The van der Waals surface area contributed by atoms with Crippen LogP contribution in [0.1, 0.15) is 5.56 Å². The van der Waals surface area contributed by atoms with Crippen molar-refractivity contribution in [2.24, 2.45) is 0 Å². The first-order valence-corrected chi connectivity index (χ1v) is 6.03. The quantitative estimate of drug-likeness (QED) is 0.936. The highest BCUT2D eigenvalue weighted by atomic mass is 35.5. The fourth-order valence-corrected chi connectivity index (χ4v) is 1.64. The Hall–Kier alpha value is -2.01. The van der Waals surface area contributed by atoms with E-state index < -0.39 is 0 Å². The number of aryl methyl sites for hydroxylation is 1. The van der Waals surface area contributed by atoms with E-state index in [4.69, 9.17) is 16.3 Å². The van der Waals surface area contributed by atoms with E-state index in [-0.39, 0.29) is 16.8 Å². The Labute approximate surface area is 116 Å². The van der Waals surface area contributed by atoms with Gasteiger partial charge in [0, 0.05) is 31.9 Å². The van der Waals surface area contributed by atoms with Crippen molar-refractivity contribution in [3.8, 4) is 17.4 Å². The van der Waals surface area contributed by atoms with Crippen molar-refractivity contribution < 1.29 is 9.84 Å². The van der Waals surface area contributed by atoms with Crippen molar-refractivity contribution in [3.63, 3.8) is 0 Å². The second-order valence-corrected chi connectivity index (χ2v) is 4.69. The summed E-state index contributed by atoms with van der Waals surface area (Å²) in [5.41, 5.74) is 1.92. The number of hydrogen-bond donors (Lipinski definition) is 1. The minimum absolute atomic E-state index is 0.0309. The van der Waals surface area contributed by atoms with E-state index in [9.17, 15) is 5.11 Å². The van der Waals surface area contributed by atoms with Crippen molar-refractivity contribution in [1.29, 1.82) is 0 Å². The summed E-state index contributed by atoms with van der Waals surface area (Å²) < 4.78 is 5.58. The standard InChI is InChI=1S/C13H14ClN3O2/c1-8-4-5-9(17(2)3)6-11(8)19-13-10(18)7-12(14)15-16-13/h4-7H,1-3H3,(H,15,18). The van der Waals surface area contributed by atoms with E-state index >= 15 is 0 Å². The number of aromatic hydroxyl groups is 1. The van der Waals surface area contributed by atoms with Gasteiger partial charge >= 0.3 is 0 Å². The van der Waals surface area contributed by atoms with E-state index in [2.05, 4.69) is 10.2 Å². The first kappa shape index (κ1) is 13.4. The molecule has 100 valence electrons. The molecule has 0 aliphatic rings. The Kier molecular flexibility index (Phi) is 3.76. The molecule has 0 aliphatic heterocycles. The summed E-state index contributed by atoms with van der Waals surface area (Å²) in [6, 6.07) is 7.07. The number of benzene rings is 1. The van der Waals surface area contributed by atoms with Crippen LogP contribution in [0.4, 0.5) is 5.69 Å². The van der Waals surface area contributed by atoms with Crippen LogP contribution in [0.2, 0.25) is 5.15 Å². The van der Waals surface area contributed by atoms with Gasteiger partial charge in [-0.15, -0.1) is 10.2 Å². The molecular weight excluding hydrogens is 266 g/mol. The molecule has 1 heterocycles. The molecule has 0 bridgehead atoms. The van der Waals surface area contributed by atoms with Crippen LogP contribution in [-0.2, 0) is 0 Å². The number of anilines is 1. The third-order valence-corrected chi connectivity index (χ3v) is 2.79. The van der Waals surface area contributed by atoms with Crippen LogP contribution in [0.5, 0.6) is 17.4 Å². The van der Waals surface area contributed by atoms with Gasteiger partial charge in [-0.2, -0.15) is 0 Å². The van der Waals surface area contributed by atoms with Gasteiger partial charge in [-0.1, -0.05) is 17.7 Å². The molecule has 0 unspecified atom stereocenters. The van der Waals surface area contributed by atoms with Crippen LogP contribution < -0.4 is 9.64 Å². The third kappa shape index (κ3) is 3.06. The smallest absolute Gasteiger partial charge is 0.281 e. The van der Waals surface area contributed by atoms with Gasteiger partial charge in [0.05, 0.1) is 0 Å². The number of aromatic nitrogens is 2. The SMILES string of the molecule is Cc1ccc(N(C)C)cc1Oc1nnc(Cl)cc1O. The minimum Gasteiger partial charge on any atom is -0.503 e. The molecule has 1 aromatic carbocycles. The molecule has 6 heteroatoms. The Balaban J connectivity index is 2.34. The lowest BCUT2D eigenvalue weighted by molar-refractivity contribution is 0.390. The number of nitrogens with zero attached hydrogens (tertiary/aromatic N) is 3. The van der Waals surface area contributed by atoms with E-state index in [1.54, 1.807) is 0 Å². The summed E-state index contributed by atoms with van der Waals surface area (Å²) >= 11 is 5.62. The summed E-state index contributed by atoms with van der Waals surface area (Å²) in [6.45, 7) is 1.91. The fourth-order valence-electron chi connectivity index (χ4n) is 1.50. The zero-order chi connectivity index (χ0) is 14.0. The molecule has 0 amide bonds. The average Bonchev–Trinajstić information content (AvgIpc) is 2.34. The molecule has 0 atom stereocenters. The number of ether oxygens (including phenoxy) is 1. The van der Waals surface area contributed by atoms with Crippen molar-refractivity contribution >= 4 is 17.3 Å². The zero-order valence-corrected chi connectivity index (χ0v) is 11.6. The van der Waals surface area contributed by atoms with Crippen molar-refractivity contribution in [1.82, 2.24) is 10.2 Å². The highest BCUT2D eigenvalue weighted by molar-refractivity contribution is 6.29. The van der Waals surface area contributed by atoms with E-state index in [1.807, 2.05) is 44.1 Å². The first-order chi connectivity index (χ1) is 8.97. The highest BCUT2D eigenvalue weighted by Crippen LogP contribution is 2.32. The van der Waals surface area contributed by atoms with Crippen LogP contribution in [-0.4, -0.2) is 29.4 Å². The van der Waals surface area contributed by atoms with Crippen LogP contribution in [0.15, 0.2) is 24.3 Å². The van der Waals surface area contributed by atoms with Gasteiger partial charge in [0.25, 0.3) is 5.88 Å². The molecule has 0 radical (unpaired) electrons.